The van der Waals surface area contributed by atoms with Crippen LogP contribution in [0.15, 0.2) is 24.3 Å². The van der Waals surface area contributed by atoms with Crippen molar-refractivity contribution in [3.8, 4) is 0 Å². The molecule has 17 heavy (non-hydrogen) atoms. The summed E-state index contributed by atoms with van der Waals surface area (Å²) in [4.78, 5) is 0. The maximum atomic E-state index is 11.7. The van der Waals surface area contributed by atoms with Crippen LogP contribution in [0.25, 0.3) is 0 Å². The van der Waals surface area contributed by atoms with E-state index >= 15 is 0 Å². The highest BCUT2D eigenvalue weighted by atomic mass is 127. The summed E-state index contributed by atoms with van der Waals surface area (Å²) in [5.74, 6) is 0.0957. The number of benzene rings is 1. The van der Waals surface area contributed by atoms with Gasteiger partial charge in [0, 0.05) is 15.8 Å². The highest BCUT2D eigenvalue weighted by molar-refractivity contribution is 14.1. The summed E-state index contributed by atoms with van der Waals surface area (Å²) in [6, 6.07) is 7.30. The largest absolute Gasteiger partial charge is 0.316 e. The Kier molecular flexibility index (Phi) is 6.21. The third kappa shape index (κ3) is 6.23. The molecule has 96 valence electrons. The van der Waals surface area contributed by atoms with Gasteiger partial charge in [-0.25, -0.2) is 8.42 Å². The van der Waals surface area contributed by atoms with Crippen molar-refractivity contribution < 1.29 is 8.42 Å². The van der Waals surface area contributed by atoms with Crippen molar-refractivity contribution in [1.82, 2.24) is 5.32 Å². The van der Waals surface area contributed by atoms with Crippen LogP contribution in [-0.4, -0.2) is 27.3 Å². The van der Waals surface area contributed by atoms with E-state index in [1.54, 1.807) is 12.1 Å². The molecule has 6 heteroatoms. The zero-order chi connectivity index (χ0) is 12.7. The Morgan fingerprint density at radius 2 is 2.06 bits per heavy atom. The van der Waals surface area contributed by atoms with Crippen LogP contribution < -0.4 is 10.0 Å². The maximum absolute atomic E-state index is 11.7. The van der Waals surface area contributed by atoms with E-state index in [1.165, 1.54) is 0 Å². The number of nitrogens with one attached hydrogen (secondary N) is 2. The van der Waals surface area contributed by atoms with Crippen LogP contribution in [0.2, 0.25) is 0 Å². The first kappa shape index (κ1) is 14.7. The first-order valence-corrected chi connectivity index (χ1v) is 8.23. The predicted octanol–water partition coefficient (Wildman–Crippen LogP) is 2.03. The zero-order valence-corrected chi connectivity index (χ0v) is 12.7. The van der Waals surface area contributed by atoms with Crippen molar-refractivity contribution in [2.45, 2.75) is 13.3 Å². The number of anilines is 1. The van der Waals surface area contributed by atoms with Crippen LogP contribution in [-0.2, 0) is 10.0 Å². The van der Waals surface area contributed by atoms with Gasteiger partial charge in [-0.1, -0.05) is 13.0 Å². The Morgan fingerprint density at radius 1 is 1.29 bits per heavy atom. The lowest BCUT2D eigenvalue weighted by atomic mass is 10.3. The summed E-state index contributed by atoms with van der Waals surface area (Å²) in [5.41, 5.74) is 0.618. The van der Waals surface area contributed by atoms with Crippen molar-refractivity contribution >= 4 is 38.3 Å². The van der Waals surface area contributed by atoms with Crippen LogP contribution in [0.5, 0.6) is 0 Å². The number of hydrogen-bond donors (Lipinski definition) is 2. The average molecular weight is 368 g/mol. The minimum Gasteiger partial charge on any atom is -0.316 e. The van der Waals surface area contributed by atoms with Gasteiger partial charge >= 0.3 is 0 Å². The molecule has 0 saturated heterocycles. The summed E-state index contributed by atoms with van der Waals surface area (Å²) in [7, 11) is -3.25. The van der Waals surface area contributed by atoms with E-state index in [4.69, 9.17) is 0 Å². The van der Waals surface area contributed by atoms with Crippen molar-refractivity contribution in [3.63, 3.8) is 0 Å². The Hall–Kier alpha value is -0.340. The van der Waals surface area contributed by atoms with E-state index in [0.29, 0.717) is 12.2 Å². The Labute approximate surface area is 116 Å². The van der Waals surface area contributed by atoms with Gasteiger partial charge in [-0.3, -0.25) is 4.72 Å². The molecule has 1 rings (SSSR count). The number of hydrogen-bond acceptors (Lipinski definition) is 3. The summed E-state index contributed by atoms with van der Waals surface area (Å²) in [6.07, 6.45) is 1.00. The SMILES string of the molecule is CCCNCCS(=O)(=O)Nc1cccc(I)c1. The molecule has 0 bridgehead atoms. The van der Waals surface area contributed by atoms with E-state index in [9.17, 15) is 8.42 Å². The van der Waals surface area contributed by atoms with Crippen LogP contribution in [0.1, 0.15) is 13.3 Å². The molecule has 0 aliphatic carbocycles. The number of rotatable bonds is 7. The van der Waals surface area contributed by atoms with Crippen molar-refractivity contribution in [1.29, 1.82) is 0 Å². The fraction of sp³-hybridized carbons (Fsp3) is 0.455. The molecule has 0 radical (unpaired) electrons. The zero-order valence-electron chi connectivity index (χ0n) is 9.74. The molecular formula is C11H17IN2O2S. The minimum atomic E-state index is -3.25. The number of halogens is 1. The monoisotopic (exact) mass is 368 g/mol. The molecule has 2 N–H and O–H groups in total. The molecular weight excluding hydrogens is 351 g/mol. The molecule has 0 spiro atoms. The van der Waals surface area contributed by atoms with Gasteiger partial charge in [-0.05, 0) is 53.8 Å². The summed E-state index contributed by atoms with van der Waals surface area (Å²) >= 11 is 2.15. The van der Waals surface area contributed by atoms with Crippen LogP contribution in [0.4, 0.5) is 5.69 Å². The lowest BCUT2D eigenvalue weighted by Gasteiger charge is -2.08. The summed E-state index contributed by atoms with van der Waals surface area (Å²) in [6.45, 7) is 3.37. The molecule has 0 fully saturated rings. The van der Waals surface area contributed by atoms with Gasteiger partial charge in [-0.2, -0.15) is 0 Å². The van der Waals surface area contributed by atoms with Crippen molar-refractivity contribution in [2.75, 3.05) is 23.6 Å². The molecule has 4 nitrogen and oxygen atoms in total. The van der Waals surface area contributed by atoms with Gasteiger partial charge in [0.05, 0.1) is 5.75 Å². The quantitative estimate of drug-likeness (QED) is 0.572. The van der Waals surface area contributed by atoms with Crippen LogP contribution in [0, 0.1) is 3.57 Å². The first-order chi connectivity index (χ1) is 8.03. The lowest BCUT2D eigenvalue weighted by molar-refractivity contribution is 0.595. The molecule has 0 heterocycles. The average Bonchev–Trinajstić information content (AvgIpc) is 2.24. The molecule has 1 aromatic carbocycles. The fourth-order valence-electron chi connectivity index (χ4n) is 1.29. The first-order valence-electron chi connectivity index (χ1n) is 5.50. The third-order valence-electron chi connectivity index (χ3n) is 2.07. The van der Waals surface area contributed by atoms with E-state index in [0.717, 1.165) is 16.5 Å². The summed E-state index contributed by atoms with van der Waals surface area (Å²) in [5, 5.41) is 3.07. The molecule has 0 unspecified atom stereocenters. The highest BCUT2D eigenvalue weighted by Gasteiger charge is 2.09. The smallest absolute Gasteiger partial charge is 0.233 e. The van der Waals surface area contributed by atoms with Gasteiger partial charge in [0.1, 0.15) is 0 Å². The second-order valence-corrected chi connectivity index (χ2v) is 6.77. The lowest BCUT2D eigenvalue weighted by Crippen LogP contribution is -2.27. The second kappa shape index (κ2) is 7.17. The molecule has 1 aromatic rings. The summed E-state index contributed by atoms with van der Waals surface area (Å²) < 4.78 is 27.0. The van der Waals surface area contributed by atoms with Crippen LogP contribution >= 0.6 is 22.6 Å². The van der Waals surface area contributed by atoms with Crippen molar-refractivity contribution in [2.24, 2.45) is 0 Å². The van der Waals surface area contributed by atoms with Gasteiger partial charge in [-0.15, -0.1) is 0 Å². The Balaban J connectivity index is 2.49. The van der Waals surface area contributed by atoms with Crippen molar-refractivity contribution in [3.05, 3.63) is 27.8 Å². The van der Waals surface area contributed by atoms with Crippen LogP contribution in [0.3, 0.4) is 0 Å². The molecule has 0 aliphatic rings. The molecule has 0 aromatic heterocycles. The predicted molar refractivity (Wildman–Crippen MR) is 79.7 cm³/mol. The molecule has 0 amide bonds. The Morgan fingerprint density at radius 3 is 2.71 bits per heavy atom. The standard InChI is InChI=1S/C11H17IN2O2S/c1-2-6-13-7-8-17(15,16)14-11-5-3-4-10(12)9-11/h3-5,9,13-14H,2,6-8H2,1H3. The normalized spacial score (nSPS) is 11.4. The highest BCUT2D eigenvalue weighted by Crippen LogP contribution is 2.13. The molecule has 0 atom stereocenters. The van der Waals surface area contributed by atoms with E-state index in [-0.39, 0.29) is 5.75 Å². The van der Waals surface area contributed by atoms with E-state index < -0.39 is 10.0 Å². The number of sulfonamides is 1. The molecule has 0 saturated carbocycles. The topological polar surface area (TPSA) is 58.2 Å². The Bertz CT molecular complexity index is 449. The van der Waals surface area contributed by atoms with Gasteiger partial charge in [0.25, 0.3) is 0 Å². The van der Waals surface area contributed by atoms with Gasteiger partial charge in [0.15, 0.2) is 0 Å². The second-order valence-electron chi connectivity index (χ2n) is 3.68. The third-order valence-corrected chi connectivity index (χ3v) is 4.03. The fourth-order valence-corrected chi connectivity index (χ4v) is 2.84. The minimum absolute atomic E-state index is 0.0957. The maximum Gasteiger partial charge on any atom is 0.233 e. The van der Waals surface area contributed by atoms with Gasteiger partial charge in [0.2, 0.25) is 10.0 Å². The van der Waals surface area contributed by atoms with Gasteiger partial charge < -0.3 is 5.32 Å². The molecule has 0 aliphatic heterocycles. The van der Waals surface area contributed by atoms with E-state index in [1.807, 2.05) is 19.1 Å². The van der Waals surface area contributed by atoms with E-state index in [2.05, 4.69) is 32.6 Å².